The Hall–Kier alpha value is -0.164. The zero-order valence-corrected chi connectivity index (χ0v) is 10.8. The fourth-order valence-corrected chi connectivity index (χ4v) is 0.676. The van der Waals surface area contributed by atoms with Crippen LogP contribution in [0.2, 0.25) is 0 Å². The largest absolute Gasteiger partial charge is 1.00 e. The van der Waals surface area contributed by atoms with Gasteiger partial charge < -0.3 is 21.2 Å². The van der Waals surface area contributed by atoms with Gasteiger partial charge in [-0.1, -0.05) is 4.98 Å². The first-order valence-electron chi connectivity index (χ1n) is 3.04. The molecule has 9 heteroatoms. The first kappa shape index (κ1) is 16.3. The van der Waals surface area contributed by atoms with Crippen LogP contribution in [0.15, 0.2) is 12.4 Å². The molecule has 0 aliphatic rings. The van der Waals surface area contributed by atoms with Crippen molar-refractivity contribution in [2.45, 2.75) is 6.92 Å². The average Bonchev–Trinajstić information content (AvgIpc) is 2.55. The number of nitrogens with zero attached hydrogens (tertiary/aromatic N) is 3. The number of nitro groups is 1. The molecular formula is C5H7KN4O4. The average molecular weight is 226 g/mol. The second-order valence-electron chi connectivity index (χ2n) is 1.87. The second-order valence-corrected chi connectivity index (χ2v) is 1.87. The molecule has 72 valence electrons. The smallest absolute Gasteiger partial charge is 0.553 e. The quantitative estimate of drug-likeness (QED) is 0.333. The molecule has 8 nitrogen and oxygen atoms in total. The van der Waals surface area contributed by atoms with E-state index in [1.54, 1.807) is 0 Å². The van der Waals surface area contributed by atoms with Crippen molar-refractivity contribution in [2.24, 2.45) is 0 Å². The van der Waals surface area contributed by atoms with Crippen LogP contribution in [0.3, 0.4) is 0 Å². The minimum Gasteiger partial charge on any atom is -0.553 e. The maximum Gasteiger partial charge on any atom is 1.00 e. The fourth-order valence-electron chi connectivity index (χ4n) is 0.676. The van der Waals surface area contributed by atoms with E-state index < -0.39 is 16.8 Å². The van der Waals surface area contributed by atoms with Crippen LogP contribution < -0.4 is 51.4 Å². The van der Waals surface area contributed by atoms with Gasteiger partial charge in [0.2, 0.25) is 0 Å². The standard InChI is InChI=1S/C5H5N3O3.K.H2NO/c1-4(9)7-3-2-6-5(7)8(10)11;;1-2/h2-3H,1H3;;1-2H/q;+1;-1. The number of carbonyl (C=O) groups excluding carboxylic acids is 1. The van der Waals surface area contributed by atoms with Gasteiger partial charge in [-0.2, -0.15) is 4.57 Å². The van der Waals surface area contributed by atoms with Gasteiger partial charge >= 0.3 is 57.3 Å². The van der Waals surface area contributed by atoms with E-state index in [0.29, 0.717) is 0 Å². The van der Waals surface area contributed by atoms with Gasteiger partial charge in [0, 0.05) is 6.92 Å². The summed E-state index contributed by atoms with van der Waals surface area (Å²) in [7, 11) is 0. The van der Waals surface area contributed by atoms with Crippen molar-refractivity contribution < 1.29 is 66.3 Å². The number of imidazole rings is 1. The van der Waals surface area contributed by atoms with Crippen LogP contribution >= 0.6 is 0 Å². The zero-order chi connectivity index (χ0) is 10.4. The third-order valence-electron chi connectivity index (χ3n) is 1.12. The number of rotatable bonds is 1. The van der Waals surface area contributed by atoms with E-state index >= 15 is 0 Å². The molecule has 1 aromatic heterocycles. The summed E-state index contributed by atoms with van der Waals surface area (Å²) in [6.07, 6.45) is 2.46. The predicted molar refractivity (Wildman–Crippen MR) is 41.3 cm³/mol. The van der Waals surface area contributed by atoms with Crippen molar-refractivity contribution in [3.63, 3.8) is 0 Å². The summed E-state index contributed by atoms with van der Waals surface area (Å²) in [4.78, 5) is 23.5. The summed E-state index contributed by atoms with van der Waals surface area (Å²) in [6.45, 7) is 1.23. The van der Waals surface area contributed by atoms with E-state index in [1.165, 1.54) is 19.3 Å². The SMILES string of the molecule is CC(=O)n1ccnc1[N+](=O)[O-].[K+].[NH-]O. The molecule has 0 aromatic carbocycles. The zero-order valence-electron chi connectivity index (χ0n) is 7.67. The van der Waals surface area contributed by atoms with Gasteiger partial charge in [-0.15, -0.1) is 0 Å². The molecule has 0 saturated carbocycles. The normalized spacial score (nSPS) is 7.93. The van der Waals surface area contributed by atoms with Crippen LogP contribution in [0.5, 0.6) is 0 Å². The van der Waals surface area contributed by atoms with Crippen molar-refractivity contribution in [1.29, 1.82) is 0 Å². The van der Waals surface area contributed by atoms with E-state index in [-0.39, 0.29) is 51.4 Å². The monoisotopic (exact) mass is 226 g/mol. The van der Waals surface area contributed by atoms with Crippen LogP contribution in [-0.4, -0.2) is 25.6 Å². The summed E-state index contributed by atoms with van der Waals surface area (Å²) in [5, 5.41) is 16.4. The molecule has 0 atom stereocenters. The molecular weight excluding hydrogens is 219 g/mol. The molecule has 0 radical (unpaired) electrons. The summed E-state index contributed by atoms with van der Waals surface area (Å²) >= 11 is 0. The molecule has 0 saturated heterocycles. The third-order valence-corrected chi connectivity index (χ3v) is 1.12. The molecule has 0 aliphatic heterocycles. The molecule has 2 N–H and O–H groups in total. The minimum atomic E-state index is -0.707. The molecule has 0 amide bonds. The second kappa shape index (κ2) is 8.17. The molecule has 0 fully saturated rings. The molecule has 0 bridgehead atoms. The van der Waals surface area contributed by atoms with Crippen molar-refractivity contribution in [1.82, 2.24) is 9.55 Å². The topological polar surface area (TPSA) is 122 Å². The van der Waals surface area contributed by atoms with E-state index in [9.17, 15) is 14.9 Å². The van der Waals surface area contributed by atoms with Crippen molar-refractivity contribution >= 4 is 11.9 Å². The number of aromatic nitrogens is 2. The predicted octanol–water partition coefficient (Wildman–Crippen LogP) is -2.12. The van der Waals surface area contributed by atoms with Gasteiger partial charge in [0.25, 0.3) is 5.91 Å². The summed E-state index contributed by atoms with van der Waals surface area (Å²) in [6, 6.07) is 0. The van der Waals surface area contributed by atoms with Gasteiger partial charge in [-0.05, 0) is 4.92 Å². The molecule has 1 heterocycles. The number of hydrogen-bond donors (Lipinski definition) is 1. The first-order valence-corrected chi connectivity index (χ1v) is 3.04. The Kier molecular flexibility index (Phi) is 9.50. The van der Waals surface area contributed by atoms with Gasteiger partial charge in [0.1, 0.15) is 12.4 Å². The van der Waals surface area contributed by atoms with Crippen molar-refractivity contribution in [2.75, 3.05) is 0 Å². The first-order chi connectivity index (χ1) is 6.13. The van der Waals surface area contributed by atoms with E-state index in [2.05, 4.69) is 4.98 Å². The van der Waals surface area contributed by atoms with Crippen molar-refractivity contribution in [3.05, 3.63) is 28.4 Å². The molecule has 1 aromatic rings. The Morgan fingerprint density at radius 1 is 1.71 bits per heavy atom. The van der Waals surface area contributed by atoms with Crippen LogP contribution in [0.25, 0.3) is 5.90 Å². The number of carbonyl (C=O) groups is 1. The van der Waals surface area contributed by atoms with Gasteiger partial charge in [0.15, 0.2) is 0 Å². The molecule has 0 unspecified atom stereocenters. The van der Waals surface area contributed by atoms with Crippen molar-refractivity contribution in [3.8, 4) is 0 Å². The molecule has 0 spiro atoms. The molecule has 14 heavy (non-hydrogen) atoms. The summed E-state index contributed by atoms with van der Waals surface area (Å²) < 4.78 is 0.875. The van der Waals surface area contributed by atoms with E-state index in [1.807, 2.05) is 0 Å². The number of hydrogen-bond acceptors (Lipinski definition) is 5. The minimum absolute atomic E-state index is 0. The van der Waals surface area contributed by atoms with Gasteiger partial charge in [-0.25, -0.2) is 0 Å². The Labute approximate surface area is 122 Å². The van der Waals surface area contributed by atoms with Crippen LogP contribution in [0.4, 0.5) is 5.95 Å². The maximum absolute atomic E-state index is 10.7. The third kappa shape index (κ3) is 4.37. The van der Waals surface area contributed by atoms with Crippen LogP contribution in [-0.2, 0) is 0 Å². The van der Waals surface area contributed by atoms with E-state index in [0.717, 1.165) is 4.57 Å². The van der Waals surface area contributed by atoms with Crippen LogP contribution in [0.1, 0.15) is 11.7 Å². The summed E-state index contributed by atoms with van der Waals surface area (Å²) in [5.41, 5.74) is 0. The Balaban J connectivity index is 0. The molecule has 1 rings (SSSR count). The fraction of sp³-hybridized carbons (Fsp3) is 0.200. The Morgan fingerprint density at radius 3 is 2.50 bits per heavy atom. The Bertz CT molecular complexity index is 284. The van der Waals surface area contributed by atoms with E-state index in [4.69, 9.17) is 11.1 Å². The maximum atomic E-state index is 10.7. The van der Waals surface area contributed by atoms with Gasteiger partial charge in [-0.3, -0.25) is 4.79 Å². The summed E-state index contributed by atoms with van der Waals surface area (Å²) in [5.74, 6) is 3.88. The van der Waals surface area contributed by atoms with Gasteiger partial charge in [0.05, 0.1) is 0 Å². The van der Waals surface area contributed by atoms with Crippen LogP contribution in [0, 0.1) is 10.1 Å². The molecule has 0 aliphatic carbocycles. The number of nitrogens with one attached hydrogen (secondary N) is 1. The Morgan fingerprint density at radius 2 is 2.21 bits per heavy atom.